The van der Waals surface area contributed by atoms with E-state index in [0.717, 1.165) is 15.8 Å². The van der Waals surface area contributed by atoms with Gasteiger partial charge in [0.2, 0.25) is 11.8 Å². The van der Waals surface area contributed by atoms with Gasteiger partial charge in [0.1, 0.15) is 12.3 Å². The SMILES string of the molecule is COc1ccc(-c2nnc(Cn3cc(Br)ccc3=O)o2)cc1. The highest BCUT2D eigenvalue weighted by atomic mass is 79.9. The highest BCUT2D eigenvalue weighted by Crippen LogP contribution is 2.21. The minimum atomic E-state index is -0.132. The number of halogens is 1. The van der Waals surface area contributed by atoms with E-state index in [-0.39, 0.29) is 12.1 Å². The van der Waals surface area contributed by atoms with Gasteiger partial charge in [-0.15, -0.1) is 10.2 Å². The molecule has 2 aromatic heterocycles. The van der Waals surface area contributed by atoms with Crippen LogP contribution in [-0.2, 0) is 6.54 Å². The number of aromatic nitrogens is 3. The average Bonchev–Trinajstić information content (AvgIpc) is 2.99. The Morgan fingerprint density at radius 3 is 2.68 bits per heavy atom. The Hall–Kier alpha value is -2.41. The van der Waals surface area contributed by atoms with Crippen molar-refractivity contribution in [1.29, 1.82) is 0 Å². The van der Waals surface area contributed by atoms with E-state index in [4.69, 9.17) is 9.15 Å². The quantitative estimate of drug-likeness (QED) is 0.714. The zero-order valence-electron chi connectivity index (χ0n) is 11.7. The summed E-state index contributed by atoms with van der Waals surface area (Å²) in [5, 5.41) is 7.98. The van der Waals surface area contributed by atoms with E-state index in [1.165, 1.54) is 10.6 Å². The van der Waals surface area contributed by atoms with Crippen molar-refractivity contribution in [3.8, 4) is 17.2 Å². The normalized spacial score (nSPS) is 10.6. The van der Waals surface area contributed by atoms with Crippen molar-refractivity contribution in [2.24, 2.45) is 0 Å². The van der Waals surface area contributed by atoms with Crippen molar-refractivity contribution in [2.45, 2.75) is 6.54 Å². The molecule has 0 amide bonds. The van der Waals surface area contributed by atoms with Crippen molar-refractivity contribution in [2.75, 3.05) is 7.11 Å². The first-order valence-corrected chi connectivity index (χ1v) is 7.28. The summed E-state index contributed by atoms with van der Waals surface area (Å²) in [6, 6.07) is 10.5. The van der Waals surface area contributed by atoms with E-state index < -0.39 is 0 Å². The predicted octanol–water partition coefficient (Wildman–Crippen LogP) is 2.72. The molecule has 0 N–H and O–H groups in total. The lowest BCUT2D eigenvalue weighted by atomic mass is 10.2. The predicted molar refractivity (Wildman–Crippen MR) is 83.8 cm³/mol. The fraction of sp³-hybridized carbons (Fsp3) is 0.133. The summed E-state index contributed by atoms with van der Waals surface area (Å²) >= 11 is 3.33. The van der Waals surface area contributed by atoms with Crippen LogP contribution in [0.4, 0.5) is 0 Å². The van der Waals surface area contributed by atoms with Crippen LogP contribution in [0.3, 0.4) is 0 Å². The molecule has 0 saturated carbocycles. The van der Waals surface area contributed by atoms with E-state index in [2.05, 4.69) is 26.1 Å². The monoisotopic (exact) mass is 361 g/mol. The molecular weight excluding hydrogens is 350 g/mol. The minimum absolute atomic E-state index is 0.132. The van der Waals surface area contributed by atoms with E-state index in [9.17, 15) is 4.79 Å². The summed E-state index contributed by atoms with van der Waals surface area (Å²) < 4.78 is 13.0. The summed E-state index contributed by atoms with van der Waals surface area (Å²) in [6.45, 7) is 0.224. The van der Waals surface area contributed by atoms with Gasteiger partial charge in [-0.05, 0) is 46.3 Å². The summed E-state index contributed by atoms with van der Waals surface area (Å²) in [6.07, 6.45) is 1.68. The Kier molecular flexibility index (Phi) is 4.06. The third kappa shape index (κ3) is 3.09. The number of ether oxygens (including phenoxy) is 1. The molecule has 0 saturated heterocycles. The number of hydrogen-bond donors (Lipinski definition) is 0. The largest absolute Gasteiger partial charge is 0.497 e. The topological polar surface area (TPSA) is 70.2 Å². The molecule has 3 aromatic rings. The van der Waals surface area contributed by atoms with Crippen LogP contribution < -0.4 is 10.3 Å². The highest BCUT2D eigenvalue weighted by molar-refractivity contribution is 9.10. The highest BCUT2D eigenvalue weighted by Gasteiger charge is 2.10. The van der Waals surface area contributed by atoms with Crippen molar-refractivity contribution < 1.29 is 9.15 Å². The third-order valence-electron chi connectivity index (χ3n) is 3.06. The van der Waals surface area contributed by atoms with Gasteiger partial charge in [-0.25, -0.2) is 0 Å². The van der Waals surface area contributed by atoms with Gasteiger partial charge in [-0.1, -0.05) is 0 Å². The lowest BCUT2D eigenvalue weighted by molar-refractivity contribution is 0.415. The first-order valence-electron chi connectivity index (χ1n) is 6.48. The Morgan fingerprint density at radius 2 is 1.95 bits per heavy atom. The van der Waals surface area contributed by atoms with Crippen molar-refractivity contribution in [3.05, 3.63) is 63.3 Å². The molecule has 0 radical (unpaired) electrons. The van der Waals surface area contributed by atoms with Gasteiger partial charge in [0.25, 0.3) is 5.56 Å². The van der Waals surface area contributed by atoms with E-state index in [0.29, 0.717) is 11.8 Å². The molecule has 22 heavy (non-hydrogen) atoms. The van der Waals surface area contributed by atoms with Gasteiger partial charge in [0.05, 0.1) is 7.11 Å². The molecule has 0 spiro atoms. The summed E-state index contributed by atoms with van der Waals surface area (Å²) in [7, 11) is 1.61. The zero-order valence-corrected chi connectivity index (χ0v) is 13.3. The second kappa shape index (κ2) is 6.15. The van der Waals surface area contributed by atoms with Crippen molar-refractivity contribution >= 4 is 15.9 Å². The Morgan fingerprint density at radius 1 is 1.18 bits per heavy atom. The Balaban J connectivity index is 1.84. The number of methoxy groups -OCH3 is 1. The third-order valence-corrected chi connectivity index (χ3v) is 3.53. The molecule has 6 nitrogen and oxygen atoms in total. The maximum Gasteiger partial charge on any atom is 0.251 e. The molecule has 0 unspecified atom stereocenters. The van der Waals surface area contributed by atoms with Crippen LogP contribution >= 0.6 is 15.9 Å². The van der Waals surface area contributed by atoms with Gasteiger partial charge < -0.3 is 13.7 Å². The lowest BCUT2D eigenvalue weighted by Crippen LogP contribution is -2.18. The van der Waals surface area contributed by atoms with Crippen LogP contribution in [0.1, 0.15) is 5.89 Å². The number of benzene rings is 1. The number of pyridine rings is 1. The number of nitrogens with zero attached hydrogens (tertiary/aromatic N) is 3. The van der Waals surface area contributed by atoms with Crippen LogP contribution in [0.25, 0.3) is 11.5 Å². The molecule has 7 heteroatoms. The smallest absolute Gasteiger partial charge is 0.251 e. The standard InChI is InChI=1S/C15H12BrN3O3/c1-21-12-5-2-10(3-6-12)15-18-17-13(22-15)9-19-8-11(16)4-7-14(19)20/h2-8H,9H2,1H3. The fourth-order valence-corrected chi connectivity index (χ4v) is 2.32. The van der Waals surface area contributed by atoms with Crippen LogP contribution in [0.15, 0.2) is 56.3 Å². The van der Waals surface area contributed by atoms with Crippen LogP contribution in [-0.4, -0.2) is 21.9 Å². The van der Waals surface area contributed by atoms with Gasteiger partial charge >= 0.3 is 0 Å². The molecule has 3 rings (SSSR count). The van der Waals surface area contributed by atoms with E-state index in [1.54, 1.807) is 19.4 Å². The molecule has 2 heterocycles. The second-order valence-electron chi connectivity index (χ2n) is 4.54. The van der Waals surface area contributed by atoms with Crippen LogP contribution in [0, 0.1) is 0 Å². The zero-order chi connectivity index (χ0) is 15.5. The van der Waals surface area contributed by atoms with Crippen molar-refractivity contribution in [1.82, 2.24) is 14.8 Å². The summed E-state index contributed by atoms with van der Waals surface area (Å²) in [5.74, 6) is 1.52. The lowest BCUT2D eigenvalue weighted by Gasteiger charge is -2.02. The van der Waals surface area contributed by atoms with Crippen LogP contribution in [0.5, 0.6) is 5.75 Å². The molecule has 0 fully saturated rings. The van der Waals surface area contributed by atoms with Gasteiger partial charge in [-0.2, -0.15) is 0 Å². The summed E-state index contributed by atoms with van der Waals surface area (Å²) in [4.78, 5) is 11.8. The van der Waals surface area contributed by atoms with Crippen LogP contribution in [0.2, 0.25) is 0 Å². The molecule has 0 atom stereocenters. The Labute approximate surface area is 134 Å². The van der Waals surface area contributed by atoms with Crippen molar-refractivity contribution in [3.63, 3.8) is 0 Å². The number of rotatable bonds is 4. The number of hydrogen-bond acceptors (Lipinski definition) is 5. The first-order chi connectivity index (χ1) is 10.7. The average molecular weight is 362 g/mol. The molecule has 1 aromatic carbocycles. The van der Waals surface area contributed by atoms with Gasteiger partial charge in [0, 0.05) is 22.3 Å². The maximum absolute atomic E-state index is 11.8. The Bertz CT molecular complexity index is 840. The van der Waals surface area contributed by atoms with E-state index in [1.807, 2.05) is 24.3 Å². The maximum atomic E-state index is 11.8. The van der Waals surface area contributed by atoms with E-state index >= 15 is 0 Å². The molecule has 0 bridgehead atoms. The second-order valence-corrected chi connectivity index (χ2v) is 5.46. The molecular formula is C15H12BrN3O3. The van der Waals surface area contributed by atoms with Gasteiger partial charge in [0.15, 0.2) is 0 Å². The molecule has 112 valence electrons. The minimum Gasteiger partial charge on any atom is -0.497 e. The fourth-order valence-electron chi connectivity index (χ4n) is 1.94. The summed E-state index contributed by atoms with van der Waals surface area (Å²) in [5.41, 5.74) is 0.661. The first kappa shape index (κ1) is 14.5. The van der Waals surface area contributed by atoms with Gasteiger partial charge in [-0.3, -0.25) is 4.79 Å². The molecule has 0 aliphatic heterocycles. The molecule has 0 aliphatic rings. The molecule has 0 aliphatic carbocycles.